The first kappa shape index (κ1) is 15.3. The van der Waals surface area contributed by atoms with E-state index >= 15 is 0 Å². The SMILES string of the molecule is COC(CC(C)(C(=O)O)C(OC)OC)OC. The van der Waals surface area contributed by atoms with Gasteiger partial charge in [-0.05, 0) is 6.92 Å². The second-order valence-corrected chi connectivity index (χ2v) is 3.63. The van der Waals surface area contributed by atoms with Crippen molar-refractivity contribution in [1.82, 2.24) is 0 Å². The van der Waals surface area contributed by atoms with Crippen LogP contribution in [0.5, 0.6) is 0 Å². The van der Waals surface area contributed by atoms with Gasteiger partial charge in [-0.3, -0.25) is 4.79 Å². The van der Waals surface area contributed by atoms with Gasteiger partial charge in [-0.1, -0.05) is 0 Å². The summed E-state index contributed by atoms with van der Waals surface area (Å²) in [4.78, 5) is 11.3. The summed E-state index contributed by atoms with van der Waals surface area (Å²) in [6.45, 7) is 1.53. The summed E-state index contributed by atoms with van der Waals surface area (Å²) in [5.41, 5.74) is -1.24. The summed E-state index contributed by atoms with van der Waals surface area (Å²) in [5, 5.41) is 9.23. The van der Waals surface area contributed by atoms with E-state index in [4.69, 9.17) is 18.9 Å². The monoisotopic (exact) mass is 236 g/mol. The first-order valence-electron chi connectivity index (χ1n) is 4.80. The first-order valence-corrected chi connectivity index (χ1v) is 4.80. The summed E-state index contributed by atoms with van der Waals surface area (Å²) in [6.07, 6.45) is -1.35. The Hall–Kier alpha value is -0.690. The molecule has 0 amide bonds. The number of carbonyl (C=O) groups is 1. The van der Waals surface area contributed by atoms with E-state index in [0.29, 0.717) is 0 Å². The average Bonchev–Trinajstić information content (AvgIpc) is 2.27. The van der Waals surface area contributed by atoms with E-state index in [-0.39, 0.29) is 6.42 Å². The highest BCUT2D eigenvalue weighted by molar-refractivity contribution is 5.74. The number of hydrogen-bond donors (Lipinski definition) is 1. The molecule has 1 atom stereocenters. The van der Waals surface area contributed by atoms with Crippen LogP contribution >= 0.6 is 0 Å². The Morgan fingerprint density at radius 2 is 1.56 bits per heavy atom. The Kier molecular flexibility index (Phi) is 6.51. The normalized spacial score (nSPS) is 15.4. The van der Waals surface area contributed by atoms with Crippen LogP contribution in [0.25, 0.3) is 0 Å². The van der Waals surface area contributed by atoms with Gasteiger partial charge in [-0.2, -0.15) is 0 Å². The maximum absolute atomic E-state index is 11.3. The maximum Gasteiger partial charge on any atom is 0.314 e. The molecule has 0 fully saturated rings. The number of carboxylic acid groups (broad SMARTS) is 1. The molecule has 0 radical (unpaired) electrons. The molecular weight excluding hydrogens is 216 g/mol. The fourth-order valence-corrected chi connectivity index (χ4v) is 1.51. The van der Waals surface area contributed by atoms with Crippen molar-refractivity contribution in [2.24, 2.45) is 5.41 Å². The van der Waals surface area contributed by atoms with Crippen molar-refractivity contribution in [2.75, 3.05) is 28.4 Å². The Labute approximate surface area is 95.4 Å². The molecule has 0 aromatic rings. The lowest BCUT2D eigenvalue weighted by molar-refractivity contribution is -0.216. The lowest BCUT2D eigenvalue weighted by atomic mass is 9.85. The van der Waals surface area contributed by atoms with Gasteiger partial charge in [0.1, 0.15) is 5.41 Å². The molecule has 6 heteroatoms. The third-order valence-corrected chi connectivity index (χ3v) is 2.55. The van der Waals surface area contributed by atoms with Crippen LogP contribution in [-0.4, -0.2) is 52.1 Å². The van der Waals surface area contributed by atoms with Gasteiger partial charge in [0.05, 0.1) is 0 Å². The Balaban J connectivity index is 4.87. The van der Waals surface area contributed by atoms with Gasteiger partial charge in [0.15, 0.2) is 12.6 Å². The van der Waals surface area contributed by atoms with Crippen molar-refractivity contribution in [2.45, 2.75) is 25.9 Å². The van der Waals surface area contributed by atoms with E-state index in [2.05, 4.69) is 0 Å². The minimum atomic E-state index is -1.24. The molecule has 1 unspecified atom stereocenters. The minimum absolute atomic E-state index is 0.127. The molecule has 0 saturated carbocycles. The van der Waals surface area contributed by atoms with Gasteiger partial charge in [0.25, 0.3) is 0 Å². The predicted octanol–water partition coefficient (Wildman–Crippen LogP) is 0.705. The fraction of sp³-hybridized carbons (Fsp3) is 0.900. The highest BCUT2D eigenvalue weighted by atomic mass is 16.7. The second kappa shape index (κ2) is 6.80. The van der Waals surface area contributed by atoms with E-state index in [1.807, 2.05) is 0 Å². The largest absolute Gasteiger partial charge is 0.481 e. The van der Waals surface area contributed by atoms with Gasteiger partial charge in [-0.15, -0.1) is 0 Å². The molecule has 0 aliphatic rings. The quantitative estimate of drug-likeness (QED) is 0.625. The van der Waals surface area contributed by atoms with Crippen LogP contribution < -0.4 is 0 Å². The van der Waals surface area contributed by atoms with Crippen molar-refractivity contribution in [3.63, 3.8) is 0 Å². The van der Waals surface area contributed by atoms with Crippen LogP contribution in [0.1, 0.15) is 13.3 Å². The summed E-state index contributed by atoms with van der Waals surface area (Å²) in [6, 6.07) is 0. The van der Waals surface area contributed by atoms with Crippen molar-refractivity contribution in [3.05, 3.63) is 0 Å². The van der Waals surface area contributed by atoms with Crippen molar-refractivity contribution in [1.29, 1.82) is 0 Å². The van der Waals surface area contributed by atoms with Gasteiger partial charge in [0, 0.05) is 34.9 Å². The summed E-state index contributed by atoms with van der Waals surface area (Å²) < 4.78 is 20.0. The molecule has 0 spiro atoms. The van der Waals surface area contributed by atoms with Crippen LogP contribution in [-0.2, 0) is 23.7 Å². The topological polar surface area (TPSA) is 74.2 Å². The van der Waals surface area contributed by atoms with E-state index in [0.717, 1.165) is 0 Å². The smallest absolute Gasteiger partial charge is 0.314 e. The molecular formula is C10H20O6. The van der Waals surface area contributed by atoms with E-state index < -0.39 is 24.0 Å². The molecule has 0 heterocycles. The van der Waals surface area contributed by atoms with Gasteiger partial charge in [0.2, 0.25) is 0 Å². The van der Waals surface area contributed by atoms with Crippen LogP contribution in [0, 0.1) is 5.41 Å². The molecule has 16 heavy (non-hydrogen) atoms. The Morgan fingerprint density at radius 1 is 1.12 bits per heavy atom. The average molecular weight is 236 g/mol. The lowest BCUT2D eigenvalue weighted by Crippen LogP contribution is -2.45. The zero-order valence-corrected chi connectivity index (χ0v) is 10.4. The molecule has 96 valence electrons. The Morgan fingerprint density at radius 3 is 1.81 bits per heavy atom. The van der Waals surface area contributed by atoms with Crippen LogP contribution in [0.15, 0.2) is 0 Å². The van der Waals surface area contributed by atoms with Crippen LogP contribution in [0.4, 0.5) is 0 Å². The third kappa shape index (κ3) is 3.41. The standard InChI is InChI=1S/C10H20O6/c1-10(8(11)12,9(15-4)16-5)6-7(13-2)14-3/h7,9H,6H2,1-5H3,(H,11,12). The van der Waals surface area contributed by atoms with Crippen LogP contribution in [0.3, 0.4) is 0 Å². The zero-order valence-electron chi connectivity index (χ0n) is 10.4. The molecule has 0 aliphatic heterocycles. The van der Waals surface area contributed by atoms with Crippen molar-refractivity contribution in [3.8, 4) is 0 Å². The number of rotatable bonds is 8. The van der Waals surface area contributed by atoms with Gasteiger partial charge in [-0.25, -0.2) is 0 Å². The second-order valence-electron chi connectivity index (χ2n) is 3.63. The molecule has 0 aromatic heterocycles. The number of hydrogen-bond acceptors (Lipinski definition) is 5. The van der Waals surface area contributed by atoms with Crippen molar-refractivity contribution < 1.29 is 28.8 Å². The number of carboxylic acids is 1. The maximum atomic E-state index is 11.3. The highest BCUT2D eigenvalue weighted by Crippen LogP contribution is 2.31. The van der Waals surface area contributed by atoms with Crippen LogP contribution in [0.2, 0.25) is 0 Å². The molecule has 1 N–H and O–H groups in total. The number of methoxy groups -OCH3 is 4. The molecule has 0 saturated heterocycles. The molecule has 0 bridgehead atoms. The number of aliphatic carboxylic acids is 1. The van der Waals surface area contributed by atoms with E-state index in [9.17, 15) is 9.90 Å². The van der Waals surface area contributed by atoms with Gasteiger partial charge < -0.3 is 24.1 Å². The summed E-state index contributed by atoms with van der Waals surface area (Å²) >= 11 is 0. The zero-order chi connectivity index (χ0) is 12.8. The third-order valence-electron chi connectivity index (χ3n) is 2.55. The summed E-state index contributed by atoms with van der Waals surface area (Å²) in [7, 11) is 5.68. The highest BCUT2D eigenvalue weighted by Gasteiger charge is 2.44. The predicted molar refractivity (Wildman–Crippen MR) is 56.0 cm³/mol. The molecule has 0 aliphatic carbocycles. The Bertz CT molecular complexity index is 211. The van der Waals surface area contributed by atoms with Gasteiger partial charge >= 0.3 is 5.97 Å². The fourth-order valence-electron chi connectivity index (χ4n) is 1.51. The molecule has 0 rings (SSSR count). The molecule has 6 nitrogen and oxygen atoms in total. The summed E-state index contributed by atoms with van der Waals surface area (Å²) in [5.74, 6) is -1.03. The van der Waals surface area contributed by atoms with Crippen molar-refractivity contribution >= 4 is 5.97 Å². The number of ether oxygens (including phenoxy) is 4. The van der Waals surface area contributed by atoms with E-state index in [1.54, 1.807) is 0 Å². The minimum Gasteiger partial charge on any atom is -0.481 e. The molecule has 0 aromatic carbocycles. The lowest BCUT2D eigenvalue weighted by Gasteiger charge is -2.33. The van der Waals surface area contributed by atoms with E-state index in [1.165, 1.54) is 35.4 Å². The first-order chi connectivity index (χ1) is 7.46.